The third-order valence-electron chi connectivity index (χ3n) is 1.72. The normalized spacial score (nSPS) is 10.3. The topological polar surface area (TPSA) is 30.7 Å². The molecule has 2 rings (SSSR count). The fourth-order valence-corrected chi connectivity index (χ4v) is 1.76. The fourth-order valence-electron chi connectivity index (χ4n) is 1.16. The summed E-state index contributed by atoms with van der Waals surface area (Å²) in [7, 11) is 1.89. The summed E-state index contributed by atoms with van der Waals surface area (Å²) in [5.41, 5.74) is 1.95. The molecule has 2 aromatic heterocycles. The maximum Gasteiger partial charge on any atom is 0.108 e. The first kappa shape index (κ1) is 8.44. The van der Waals surface area contributed by atoms with Crippen molar-refractivity contribution in [3.63, 3.8) is 0 Å². The predicted molar refractivity (Wildman–Crippen MR) is 54.1 cm³/mol. The smallest absolute Gasteiger partial charge is 0.108 e. The van der Waals surface area contributed by atoms with E-state index in [4.69, 9.17) is 0 Å². The van der Waals surface area contributed by atoms with Crippen molar-refractivity contribution in [2.24, 2.45) is 7.05 Å². The predicted octanol–water partition coefficient (Wildman–Crippen LogP) is 2.24. The SMILES string of the molecule is Cn1cc(Br)c(-c2cccnc2)n1. The lowest BCUT2D eigenvalue weighted by molar-refractivity contribution is 0.770. The van der Waals surface area contributed by atoms with Gasteiger partial charge in [-0.15, -0.1) is 0 Å². The lowest BCUT2D eigenvalue weighted by Gasteiger charge is -1.94. The van der Waals surface area contributed by atoms with Crippen LogP contribution in [0.4, 0.5) is 0 Å². The zero-order chi connectivity index (χ0) is 9.26. The molecule has 0 fully saturated rings. The fraction of sp³-hybridized carbons (Fsp3) is 0.111. The van der Waals surface area contributed by atoms with Crippen LogP contribution in [0.15, 0.2) is 35.2 Å². The Kier molecular flexibility index (Phi) is 2.14. The molecule has 0 saturated carbocycles. The van der Waals surface area contributed by atoms with Gasteiger partial charge in [0.15, 0.2) is 0 Å². The van der Waals surface area contributed by atoms with Crippen molar-refractivity contribution in [1.82, 2.24) is 14.8 Å². The summed E-state index contributed by atoms with van der Waals surface area (Å²) in [6, 6.07) is 3.89. The van der Waals surface area contributed by atoms with E-state index in [1.807, 2.05) is 25.4 Å². The molecule has 2 aromatic rings. The quantitative estimate of drug-likeness (QED) is 0.762. The van der Waals surface area contributed by atoms with Crippen LogP contribution in [0.1, 0.15) is 0 Å². The van der Waals surface area contributed by atoms with Gasteiger partial charge in [-0.3, -0.25) is 9.67 Å². The molecule has 0 amide bonds. The number of aromatic nitrogens is 3. The van der Waals surface area contributed by atoms with Gasteiger partial charge in [0.05, 0.1) is 4.47 Å². The van der Waals surface area contributed by atoms with Crippen molar-refractivity contribution in [3.8, 4) is 11.3 Å². The molecule has 0 saturated heterocycles. The summed E-state index contributed by atoms with van der Waals surface area (Å²) in [6.07, 6.45) is 5.47. The number of hydrogen-bond acceptors (Lipinski definition) is 2. The van der Waals surface area contributed by atoms with Crippen LogP contribution in [0, 0.1) is 0 Å². The summed E-state index contributed by atoms with van der Waals surface area (Å²) in [6.45, 7) is 0. The van der Waals surface area contributed by atoms with E-state index in [0.717, 1.165) is 15.7 Å². The van der Waals surface area contributed by atoms with E-state index in [9.17, 15) is 0 Å². The van der Waals surface area contributed by atoms with Crippen LogP contribution in [0.2, 0.25) is 0 Å². The Bertz CT molecular complexity index is 408. The molecule has 66 valence electrons. The summed E-state index contributed by atoms with van der Waals surface area (Å²) in [5, 5.41) is 4.31. The van der Waals surface area contributed by atoms with Crippen LogP contribution in [-0.4, -0.2) is 14.8 Å². The summed E-state index contributed by atoms with van der Waals surface area (Å²) >= 11 is 3.44. The largest absolute Gasteiger partial charge is 0.274 e. The molecule has 3 nitrogen and oxygen atoms in total. The van der Waals surface area contributed by atoms with Gasteiger partial charge >= 0.3 is 0 Å². The molecule has 0 aliphatic carbocycles. The first-order valence-electron chi connectivity index (χ1n) is 3.87. The van der Waals surface area contributed by atoms with E-state index in [1.54, 1.807) is 17.1 Å². The summed E-state index contributed by atoms with van der Waals surface area (Å²) in [5.74, 6) is 0. The standard InChI is InChI=1S/C9H8BrN3/c1-13-6-8(10)9(12-13)7-3-2-4-11-5-7/h2-6H,1H3. The Balaban J connectivity index is 2.53. The van der Waals surface area contributed by atoms with E-state index < -0.39 is 0 Å². The lowest BCUT2D eigenvalue weighted by Crippen LogP contribution is -1.87. The zero-order valence-electron chi connectivity index (χ0n) is 7.11. The third-order valence-corrected chi connectivity index (χ3v) is 2.30. The molecule has 0 atom stereocenters. The van der Waals surface area contributed by atoms with E-state index in [2.05, 4.69) is 26.0 Å². The highest BCUT2D eigenvalue weighted by Crippen LogP contribution is 2.24. The molecule has 0 aliphatic heterocycles. The van der Waals surface area contributed by atoms with E-state index in [1.165, 1.54) is 0 Å². The summed E-state index contributed by atoms with van der Waals surface area (Å²) < 4.78 is 2.76. The van der Waals surface area contributed by atoms with Crippen molar-refractivity contribution in [2.75, 3.05) is 0 Å². The van der Waals surface area contributed by atoms with Gasteiger partial charge in [-0.2, -0.15) is 5.10 Å². The molecular weight excluding hydrogens is 230 g/mol. The molecule has 0 N–H and O–H groups in total. The molecule has 0 spiro atoms. The number of pyridine rings is 1. The van der Waals surface area contributed by atoms with Crippen molar-refractivity contribution < 1.29 is 0 Å². The average Bonchev–Trinajstić information content (AvgIpc) is 2.47. The third kappa shape index (κ3) is 1.62. The number of nitrogens with zero attached hydrogens (tertiary/aromatic N) is 3. The molecule has 0 unspecified atom stereocenters. The van der Waals surface area contributed by atoms with Gasteiger partial charge in [-0.1, -0.05) is 0 Å². The highest BCUT2D eigenvalue weighted by atomic mass is 79.9. The van der Waals surface area contributed by atoms with Crippen LogP contribution in [0.3, 0.4) is 0 Å². The van der Waals surface area contributed by atoms with E-state index >= 15 is 0 Å². The van der Waals surface area contributed by atoms with Crippen LogP contribution in [-0.2, 0) is 7.05 Å². The number of halogens is 1. The van der Waals surface area contributed by atoms with Gasteiger partial charge in [0.25, 0.3) is 0 Å². The Morgan fingerprint density at radius 2 is 2.31 bits per heavy atom. The van der Waals surface area contributed by atoms with Gasteiger partial charge in [-0.25, -0.2) is 0 Å². The van der Waals surface area contributed by atoms with Gasteiger partial charge in [0.1, 0.15) is 5.69 Å². The molecule has 13 heavy (non-hydrogen) atoms. The molecule has 0 aromatic carbocycles. The minimum Gasteiger partial charge on any atom is -0.274 e. The maximum atomic E-state index is 4.31. The van der Waals surface area contributed by atoms with Gasteiger partial charge in [0, 0.05) is 31.2 Å². The van der Waals surface area contributed by atoms with Crippen molar-refractivity contribution in [2.45, 2.75) is 0 Å². The number of hydrogen-bond donors (Lipinski definition) is 0. The molecular formula is C9H8BrN3. The molecule has 0 radical (unpaired) electrons. The second-order valence-corrected chi connectivity index (χ2v) is 3.60. The highest BCUT2D eigenvalue weighted by molar-refractivity contribution is 9.10. The Labute approximate surface area is 84.5 Å². The van der Waals surface area contributed by atoms with Crippen LogP contribution < -0.4 is 0 Å². The van der Waals surface area contributed by atoms with Crippen molar-refractivity contribution in [1.29, 1.82) is 0 Å². The average molecular weight is 238 g/mol. The minimum atomic E-state index is 0.926. The monoisotopic (exact) mass is 237 g/mol. The van der Waals surface area contributed by atoms with Crippen LogP contribution >= 0.6 is 15.9 Å². The van der Waals surface area contributed by atoms with Gasteiger partial charge < -0.3 is 0 Å². The van der Waals surface area contributed by atoms with E-state index in [0.29, 0.717) is 0 Å². The number of rotatable bonds is 1. The van der Waals surface area contributed by atoms with Crippen molar-refractivity contribution in [3.05, 3.63) is 35.2 Å². The molecule has 0 aliphatic rings. The minimum absolute atomic E-state index is 0.926. The molecule has 0 bridgehead atoms. The van der Waals surface area contributed by atoms with Crippen LogP contribution in [0.25, 0.3) is 11.3 Å². The first-order valence-corrected chi connectivity index (χ1v) is 4.66. The second-order valence-electron chi connectivity index (χ2n) is 2.74. The molecule has 4 heteroatoms. The highest BCUT2D eigenvalue weighted by Gasteiger charge is 2.06. The second kappa shape index (κ2) is 3.30. The van der Waals surface area contributed by atoms with Gasteiger partial charge in [-0.05, 0) is 28.1 Å². The molecule has 2 heterocycles. The van der Waals surface area contributed by atoms with Crippen LogP contribution in [0.5, 0.6) is 0 Å². The Hall–Kier alpha value is -1.16. The van der Waals surface area contributed by atoms with Gasteiger partial charge in [0.2, 0.25) is 0 Å². The maximum absolute atomic E-state index is 4.31. The van der Waals surface area contributed by atoms with Crippen molar-refractivity contribution >= 4 is 15.9 Å². The number of aryl methyl sites for hydroxylation is 1. The Morgan fingerprint density at radius 1 is 1.46 bits per heavy atom. The lowest BCUT2D eigenvalue weighted by atomic mass is 10.2. The zero-order valence-corrected chi connectivity index (χ0v) is 8.69. The van der Waals surface area contributed by atoms with E-state index in [-0.39, 0.29) is 0 Å². The first-order chi connectivity index (χ1) is 6.27. The summed E-state index contributed by atoms with van der Waals surface area (Å²) in [4.78, 5) is 4.04. The Morgan fingerprint density at radius 3 is 2.85 bits per heavy atom.